The third-order valence-electron chi connectivity index (χ3n) is 11.5. The molecule has 4 aliphatic carbocycles. The van der Waals surface area contributed by atoms with Crippen LogP contribution in [0.4, 0.5) is 11.4 Å². The lowest BCUT2D eigenvalue weighted by atomic mass is 9.90. The number of allylic oxidation sites excluding steroid dienone is 14. The molecule has 4 aliphatic rings. The minimum absolute atomic E-state index is 0.206. The second kappa shape index (κ2) is 17.6. The molecule has 0 aliphatic heterocycles. The van der Waals surface area contributed by atoms with E-state index in [4.69, 9.17) is 0 Å². The predicted molar refractivity (Wildman–Crippen MR) is 242 cm³/mol. The van der Waals surface area contributed by atoms with Crippen molar-refractivity contribution < 1.29 is 0 Å². The molecule has 278 valence electrons. The van der Waals surface area contributed by atoms with Crippen molar-refractivity contribution in [3.05, 3.63) is 229 Å². The molecular weight excluding hydrogens is 677 g/mol. The van der Waals surface area contributed by atoms with Crippen LogP contribution in [0.25, 0.3) is 22.3 Å². The van der Waals surface area contributed by atoms with Gasteiger partial charge in [0, 0.05) is 29.0 Å². The maximum Gasteiger partial charge on any atom is 0.0556 e. The predicted octanol–water partition coefficient (Wildman–Crippen LogP) is 13.8. The van der Waals surface area contributed by atoms with Crippen LogP contribution in [0.5, 0.6) is 0 Å². The Kier molecular flexibility index (Phi) is 11.6. The Morgan fingerprint density at radius 2 is 1.38 bits per heavy atom. The van der Waals surface area contributed by atoms with Crippen molar-refractivity contribution in [2.24, 2.45) is 0 Å². The van der Waals surface area contributed by atoms with Crippen LogP contribution in [-0.2, 0) is 0 Å². The van der Waals surface area contributed by atoms with E-state index in [0.29, 0.717) is 12.0 Å². The molecule has 4 atom stereocenters. The van der Waals surface area contributed by atoms with Crippen molar-refractivity contribution in [2.45, 2.75) is 63.1 Å². The van der Waals surface area contributed by atoms with Gasteiger partial charge in [-0.05, 0) is 114 Å². The zero-order chi connectivity index (χ0) is 38.1. The van der Waals surface area contributed by atoms with Gasteiger partial charge >= 0.3 is 0 Å². The van der Waals surface area contributed by atoms with E-state index in [0.717, 1.165) is 32.1 Å². The smallest absolute Gasteiger partial charge is 0.0556 e. The molecule has 0 spiro atoms. The van der Waals surface area contributed by atoms with Gasteiger partial charge in [0.2, 0.25) is 0 Å². The second-order valence-electron chi connectivity index (χ2n) is 15.2. The standard InChI is InChI=1S/C54H52N2/c1-3-4-15-41(2)55(51-32-24-44(25-33-51)42-16-8-5-9-17-42)52-34-28-46(29-35-52)48-20-14-21-49(40-48)47-30-38-54(39-31-47)56(50-22-12-7-13-23-50)53-36-26-45(27-37-53)43-18-10-6-11-19-43/h3-18,20-22,24-30,32-34,36-38,40-41,43,50,52H,1,19,23,31,35,39H2,2H3/b15-4-. The highest BCUT2D eigenvalue weighted by atomic mass is 15.2. The van der Waals surface area contributed by atoms with Gasteiger partial charge in [-0.15, -0.1) is 0 Å². The summed E-state index contributed by atoms with van der Waals surface area (Å²) in [6.07, 6.45) is 41.0. The number of anilines is 2. The number of nitrogens with zero attached hydrogens (tertiary/aromatic N) is 2. The van der Waals surface area contributed by atoms with E-state index < -0.39 is 0 Å². The summed E-state index contributed by atoms with van der Waals surface area (Å²) in [7, 11) is 0. The average molecular weight is 729 g/mol. The normalized spacial score (nSPS) is 20.7. The van der Waals surface area contributed by atoms with Gasteiger partial charge in [0.1, 0.15) is 0 Å². The lowest BCUT2D eigenvalue weighted by Crippen LogP contribution is -2.40. The fourth-order valence-electron chi connectivity index (χ4n) is 8.55. The highest BCUT2D eigenvalue weighted by Crippen LogP contribution is 2.37. The molecule has 0 radical (unpaired) electrons. The monoisotopic (exact) mass is 728 g/mol. The van der Waals surface area contributed by atoms with E-state index in [2.05, 4.69) is 218 Å². The van der Waals surface area contributed by atoms with Crippen LogP contribution in [-0.4, -0.2) is 18.1 Å². The molecule has 4 unspecified atom stereocenters. The van der Waals surface area contributed by atoms with E-state index in [-0.39, 0.29) is 12.1 Å². The maximum absolute atomic E-state index is 3.92. The summed E-state index contributed by atoms with van der Waals surface area (Å²) in [4.78, 5) is 5.08. The molecular formula is C54H52N2. The van der Waals surface area contributed by atoms with Crippen LogP contribution in [0.2, 0.25) is 0 Å². The highest BCUT2D eigenvalue weighted by molar-refractivity contribution is 5.79. The largest absolute Gasteiger partial charge is 0.359 e. The Hall–Kier alpha value is -6.12. The van der Waals surface area contributed by atoms with Crippen LogP contribution in [0, 0.1) is 0 Å². The van der Waals surface area contributed by atoms with Crippen molar-refractivity contribution in [1.82, 2.24) is 0 Å². The zero-order valence-electron chi connectivity index (χ0n) is 32.5. The molecule has 2 nitrogen and oxygen atoms in total. The Balaban J connectivity index is 0.994. The molecule has 8 rings (SSSR count). The Labute approximate surface area is 334 Å². The molecule has 4 aromatic carbocycles. The van der Waals surface area contributed by atoms with Gasteiger partial charge in [0.25, 0.3) is 0 Å². The summed E-state index contributed by atoms with van der Waals surface area (Å²) in [5, 5.41) is 0. The first-order valence-electron chi connectivity index (χ1n) is 20.3. The first kappa shape index (κ1) is 36.8. The molecule has 0 saturated heterocycles. The summed E-state index contributed by atoms with van der Waals surface area (Å²) in [5.41, 5.74) is 13.0. The number of benzene rings is 4. The molecule has 0 fully saturated rings. The van der Waals surface area contributed by atoms with Gasteiger partial charge in [-0.2, -0.15) is 0 Å². The zero-order valence-corrected chi connectivity index (χ0v) is 32.5. The summed E-state index contributed by atoms with van der Waals surface area (Å²) in [6.45, 7) is 6.19. The molecule has 0 saturated carbocycles. The summed E-state index contributed by atoms with van der Waals surface area (Å²) in [6, 6.07) is 38.8. The van der Waals surface area contributed by atoms with Crippen LogP contribution in [0.3, 0.4) is 0 Å². The topological polar surface area (TPSA) is 6.48 Å². The van der Waals surface area contributed by atoms with Crippen molar-refractivity contribution in [3.8, 4) is 11.1 Å². The highest BCUT2D eigenvalue weighted by Gasteiger charge is 2.25. The first-order valence-corrected chi connectivity index (χ1v) is 20.3. The van der Waals surface area contributed by atoms with Crippen LogP contribution in [0.15, 0.2) is 213 Å². The number of hydrogen-bond acceptors (Lipinski definition) is 2. The van der Waals surface area contributed by atoms with E-state index >= 15 is 0 Å². The third-order valence-corrected chi connectivity index (χ3v) is 11.5. The summed E-state index contributed by atoms with van der Waals surface area (Å²) < 4.78 is 0. The summed E-state index contributed by atoms with van der Waals surface area (Å²) >= 11 is 0. The van der Waals surface area contributed by atoms with E-state index in [9.17, 15) is 0 Å². The Morgan fingerprint density at radius 3 is 2.05 bits per heavy atom. The quantitative estimate of drug-likeness (QED) is 0.134. The fourth-order valence-corrected chi connectivity index (χ4v) is 8.55. The SMILES string of the molecule is C=C/C=C\C(C)N(c1ccc(-c2ccccc2)cc1)C1C=CC(c2cccc(C3=CC=C(N(c4ccc(C5C=CC=CC5)cc4)C4C=CC=CC4)CC3)c2)=CC1. The second-order valence-corrected chi connectivity index (χ2v) is 15.2. The Morgan fingerprint density at radius 1 is 0.643 bits per heavy atom. The molecule has 2 heteroatoms. The van der Waals surface area contributed by atoms with Gasteiger partial charge in [-0.3, -0.25) is 0 Å². The van der Waals surface area contributed by atoms with E-state index in [1.807, 2.05) is 6.08 Å². The maximum atomic E-state index is 3.92. The van der Waals surface area contributed by atoms with Gasteiger partial charge in [0.05, 0.1) is 12.1 Å². The Bertz CT molecular complexity index is 2270. The van der Waals surface area contributed by atoms with Crippen molar-refractivity contribution in [3.63, 3.8) is 0 Å². The average Bonchev–Trinajstić information content (AvgIpc) is 3.28. The third kappa shape index (κ3) is 8.41. The van der Waals surface area contributed by atoms with Gasteiger partial charge in [-0.25, -0.2) is 0 Å². The molecule has 0 aromatic heterocycles. The minimum Gasteiger partial charge on any atom is -0.359 e. The van der Waals surface area contributed by atoms with Crippen molar-refractivity contribution >= 4 is 22.5 Å². The molecule has 0 heterocycles. The molecule has 0 amide bonds. The fraction of sp³-hybridized carbons (Fsp3) is 0.185. The first-order chi connectivity index (χ1) is 27.6. The lowest BCUT2D eigenvalue weighted by Gasteiger charge is -2.37. The van der Waals surface area contributed by atoms with E-state index in [1.165, 1.54) is 56.0 Å². The van der Waals surface area contributed by atoms with Gasteiger partial charge in [-0.1, -0.05) is 171 Å². The molecule has 4 aromatic rings. The number of rotatable bonds is 12. The van der Waals surface area contributed by atoms with Crippen LogP contribution >= 0.6 is 0 Å². The van der Waals surface area contributed by atoms with Crippen molar-refractivity contribution in [2.75, 3.05) is 9.80 Å². The number of hydrogen-bond donors (Lipinski definition) is 0. The minimum atomic E-state index is 0.206. The molecule has 0 N–H and O–H groups in total. The molecule has 56 heavy (non-hydrogen) atoms. The van der Waals surface area contributed by atoms with Crippen LogP contribution in [0.1, 0.15) is 61.6 Å². The lowest BCUT2D eigenvalue weighted by molar-refractivity contribution is 0.646. The molecule has 0 bridgehead atoms. The summed E-state index contributed by atoms with van der Waals surface area (Å²) in [5.74, 6) is 0.461. The van der Waals surface area contributed by atoms with Crippen molar-refractivity contribution in [1.29, 1.82) is 0 Å². The van der Waals surface area contributed by atoms with Gasteiger partial charge in [0.15, 0.2) is 0 Å². The van der Waals surface area contributed by atoms with Gasteiger partial charge < -0.3 is 9.80 Å². The van der Waals surface area contributed by atoms with Crippen LogP contribution < -0.4 is 9.80 Å². The van der Waals surface area contributed by atoms with E-state index in [1.54, 1.807) is 0 Å².